The van der Waals surface area contributed by atoms with Crippen molar-refractivity contribution in [2.75, 3.05) is 7.11 Å². The van der Waals surface area contributed by atoms with Crippen molar-refractivity contribution in [1.29, 1.82) is 5.26 Å². The molecule has 0 bridgehead atoms. The molecule has 6 heteroatoms. The number of rotatable bonds is 3. The van der Waals surface area contributed by atoms with E-state index in [9.17, 15) is 10.4 Å². The van der Waals surface area contributed by atoms with Crippen LogP contribution in [-0.2, 0) is 12.8 Å². The van der Waals surface area contributed by atoms with E-state index in [1.807, 2.05) is 6.07 Å². The molecule has 0 radical (unpaired) electrons. The number of halogens is 1. The molecule has 4 nitrogen and oxygen atoms in total. The number of nitrogens with zero attached hydrogens (tertiary/aromatic N) is 2. The van der Waals surface area contributed by atoms with Crippen molar-refractivity contribution in [2.24, 2.45) is 4.99 Å². The van der Waals surface area contributed by atoms with Crippen molar-refractivity contribution >= 4 is 45.1 Å². The summed E-state index contributed by atoms with van der Waals surface area (Å²) >= 11 is 3.68. The molecule has 0 amide bonds. The summed E-state index contributed by atoms with van der Waals surface area (Å²) in [6.07, 6.45) is 6.09. The Balaban J connectivity index is 1.96. The van der Waals surface area contributed by atoms with Crippen LogP contribution >= 0.6 is 33.9 Å². The number of benzene rings is 1. The van der Waals surface area contributed by atoms with Gasteiger partial charge >= 0.3 is 0 Å². The largest absolute Gasteiger partial charge is 0.504 e. The second kappa shape index (κ2) is 6.89. The number of fused-ring (bicyclic) bond motifs is 1. The number of ether oxygens (including phenoxy) is 1. The summed E-state index contributed by atoms with van der Waals surface area (Å²) in [5.41, 5.74) is 2.74. The Morgan fingerprint density at radius 2 is 2.17 bits per heavy atom. The normalized spacial score (nSPS) is 13.8. The molecule has 23 heavy (non-hydrogen) atoms. The third kappa shape index (κ3) is 3.21. The van der Waals surface area contributed by atoms with E-state index in [0.717, 1.165) is 35.4 Å². The number of aliphatic imine (C=N–C) groups is 1. The summed E-state index contributed by atoms with van der Waals surface area (Å²) in [4.78, 5) is 5.83. The Hall–Kier alpha value is -1.59. The molecule has 1 N–H and O–H groups in total. The maximum absolute atomic E-state index is 9.88. The molecule has 0 unspecified atom stereocenters. The predicted octanol–water partition coefficient (Wildman–Crippen LogP) is 4.57. The van der Waals surface area contributed by atoms with Gasteiger partial charge in [0.1, 0.15) is 11.1 Å². The zero-order valence-electron chi connectivity index (χ0n) is 12.6. The van der Waals surface area contributed by atoms with Crippen LogP contribution in [0, 0.1) is 14.9 Å². The number of aryl methyl sites for hydroxylation is 1. The maximum atomic E-state index is 9.88. The van der Waals surface area contributed by atoms with Crippen LogP contribution in [0.25, 0.3) is 0 Å². The summed E-state index contributed by atoms with van der Waals surface area (Å²) in [5.74, 6) is 0.555. The third-order valence-electron chi connectivity index (χ3n) is 3.87. The van der Waals surface area contributed by atoms with E-state index in [4.69, 9.17) is 4.74 Å². The highest BCUT2D eigenvalue weighted by molar-refractivity contribution is 14.1. The van der Waals surface area contributed by atoms with Crippen LogP contribution in [0.5, 0.6) is 11.5 Å². The lowest BCUT2D eigenvalue weighted by Gasteiger charge is -2.09. The summed E-state index contributed by atoms with van der Waals surface area (Å²) in [6, 6.07) is 5.88. The Morgan fingerprint density at radius 3 is 2.91 bits per heavy atom. The number of nitriles is 1. The molecule has 0 aliphatic heterocycles. The zero-order valence-corrected chi connectivity index (χ0v) is 15.6. The van der Waals surface area contributed by atoms with Gasteiger partial charge in [-0.2, -0.15) is 5.26 Å². The minimum Gasteiger partial charge on any atom is -0.504 e. The molecule has 1 aromatic carbocycles. The second-order valence-corrected chi connectivity index (χ2v) is 7.56. The monoisotopic (exact) mass is 438 g/mol. The first kappa shape index (κ1) is 16.3. The molecule has 0 saturated carbocycles. The van der Waals surface area contributed by atoms with Crippen LogP contribution in [-0.4, -0.2) is 18.4 Å². The average molecular weight is 438 g/mol. The van der Waals surface area contributed by atoms with Crippen molar-refractivity contribution in [3.63, 3.8) is 0 Å². The van der Waals surface area contributed by atoms with Gasteiger partial charge in [0.25, 0.3) is 0 Å². The highest BCUT2D eigenvalue weighted by Crippen LogP contribution is 2.39. The lowest BCUT2D eigenvalue weighted by molar-refractivity contribution is 0.371. The summed E-state index contributed by atoms with van der Waals surface area (Å²) in [6.45, 7) is 0. The predicted molar refractivity (Wildman–Crippen MR) is 100 cm³/mol. The van der Waals surface area contributed by atoms with E-state index in [0.29, 0.717) is 9.32 Å². The van der Waals surface area contributed by atoms with Crippen molar-refractivity contribution in [3.05, 3.63) is 37.3 Å². The average Bonchev–Trinajstić information content (AvgIpc) is 2.93. The lowest BCUT2D eigenvalue weighted by Crippen LogP contribution is -1.99. The topological polar surface area (TPSA) is 65.6 Å². The van der Waals surface area contributed by atoms with Gasteiger partial charge in [-0.1, -0.05) is 0 Å². The van der Waals surface area contributed by atoms with Gasteiger partial charge in [0.2, 0.25) is 0 Å². The Kier molecular flexibility index (Phi) is 4.87. The van der Waals surface area contributed by atoms with E-state index in [-0.39, 0.29) is 5.75 Å². The SMILES string of the molecule is COc1cc(/C=N/c2sc3c(c2C#N)CCCC3)cc(I)c1O. The van der Waals surface area contributed by atoms with Gasteiger partial charge in [0, 0.05) is 11.1 Å². The fourth-order valence-corrected chi connectivity index (χ4v) is 4.52. The lowest BCUT2D eigenvalue weighted by atomic mass is 9.96. The van der Waals surface area contributed by atoms with Crippen LogP contribution in [0.3, 0.4) is 0 Å². The number of hydrogen-bond acceptors (Lipinski definition) is 5. The molecule has 0 spiro atoms. The fraction of sp³-hybridized carbons (Fsp3) is 0.294. The zero-order chi connectivity index (χ0) is 16.4. The van der Waals surface area contributed by atoms with Gasteiger partial charge in [-0.05, 0) is 71.5 Å². The molecule has 1 aliphatic carbocycles. The van der Waals surface area contributed by atoms with Gasteiger partial charge in [-0.3, -0.25) is 0 Å². The van der Waals surface area contributed by atoms with Crippen LogP contribution in [0.15, 0.2) is 17.1 Å². The van der Waals surface area contributed by atoms with Gasteiger partial charge < -0.3 is 9.84 Å². The van der Waals surface area contributed by atoms with Crippen LogP contribution in [0.1, 0.15) is 34.4 Å². The molecule has 1 aromatic heterocycles. The summed E-state index contributed by atoms with van der Waals surface area (Å²) in [5, 5.41) is 20.1. The first-order valence-corrected chi connectivity index (χ1v) is 9.18. The fourth-order valence-electron chi connectivity index (χ4n) is 2.71. The van der Waals surface area contributed by atoms with Crippen LogP contribution < -0.4 is 4.74 Å². The number of thiophene rings is 1. The number of aromatic hydroxyl groups is 1. The van der Waals surface area contributed by atoms with Gasteiger partial charge in [-0.15, -0.1) is 11.3 Å². The number of hydrogen-bond donors (Lipinski definition) is 1. The Bertz CT molecular complexity index is 821. The van der Waals surface area contributed by atoms with Gasteiger partial charge in [0.05, 0.1) is 16.2 Å². The van der Waals surface area contributed by atoms with Crippen LogP contribution in [0.2, 0.25) is 0 Å². The molecule has 0 fully saturated rings. The van der Waals surface area contributed by atoms with Crippen molar-refractivity contribution < 1.29 is 9.84 Å². The molecule has 0 atom stereocenters. The molecule has 3 rings (SSSR count). The molecular weight excluding hydrogens is 423 g/mol. The first-order valence-electron chi connectivity index (χ1n) is 7.29. The van der Waals surface area contributed by atoms with E-state index in [1.54, 1.807) is 23.6 Å². The number of phenolic OH excluding ortho intramolecular Hbond substituents is 1. The minimum absolute atomic E-state index is 0.134. The van der Waals surface area contributed by atoms with Gasteiger partial charge in [0.15, 0.2) is 11.5 Å². The molecule has 0 saturated heterocycles. The number of phenols is 1. The summed E-state index contributed by atoms with van der Waals surface area (Å²) < 4.78 is 5.87. The quantitative estimate of drug-likeness (QED) is 0.564. The van der Waals surface area contributed by atoms with Crippen LogP contribution in [0.4, 0.5) is 5.00 Å². The molecule has 1 aliphatic rings. The second-order valence-electron chi connectivity index (χ2n) is 5.31. The molecule has 1 heterocycles. The summed E-state index contributed by atoms with van der Waals surface area (Å²) in [7, 11) is 1.52. The molecule has 2 aromatic rings. The molecular formula is C17H15IN2O2S. The van der Waals surface area contributed by atoms with Crippen molar-refractivity contribution in [3.8, 4) is 17.6 Å². The highest BCUT2D eigenvalue weighted by Gasteiger charge is 2.20. The highest BCUT2D eigenvalue weighted by atomic mass is 127. The smallest absolute Gasteiger partial charge is 0.171 e. The van der Waals surface area contributed by atoms with E-state index in [1.165, 1.54) is 24.0 Å². The maximum Gasteiger partial charge on any atom is 0.171 e. The Labute approximate surface area is 152 Å². The minimum atomic E-state index is 0.134. The van der Waals surface area contributed by atoms with E-state index >= 15 is 0 Å². The van der Waals surface area contributed by atoms with E-state index < -0.39 is 0 Å². The van der Waals surface area contributed by atoms with Gasteiger partial charge in [-0.25, -0.2) is 4.99 Å². The van der Waals surface area contributed by atoms with E-state index in [2.05, 4.69) is 33.7 Å². The van der Waals surface area contributed by atoms with Crippen molar-refractivity contribution in [1.82, 2.24) is 0 Å². The number of methoxy groups -OCH3 is 1. The molecule has 118 valence electrons. The Morgan fingerprint density at radius 1 is 1.39 bits per heavy atom. The third-order valence-corrected chi connectivity index (χ3v) is 5.89. The standard InChI is InChI=1S/C17H15IN2O2S/c1-22-14-7-10(6-13(18)16(14)21)9-20-17-12(8-19)11-4-2-3-5-15(11)23-17/h6-7,9,21H,2-5H2,1H3/b20-9+. The first-order chi connectivity index (χ1) is 11.1. The van der Waals surface area contributed by atoms with Crippen molar-refractivity contribution in [2.45, 2.75) is 25.7 Å².